The zero-order valence-corrected chi connectivity index (χ0v) is 10.5. The molecule has 0 atom stereocenters. The van der Waals surface area contributed by atoms with E-state index in [0.717, 1.165) is 5.56 Å². The average Bonchev–Trinajstić information content (AvgIpc) is 2.48. The maximum absolute atomic E-state index is 12.0. The van der Waals surface area contributed by atoms with Crippen LogP contribution in [0.4, 0.5) is 0 Å². The third-order valence-electron chi connectivity index (χ3n) is 2.64. The molecule has 0 bridgehead atoms. The van der Waals surface area contributed by atoms with Gasteiger partial charge in [-0.3, -0.25) is 0 Å². The number of hydrogen-bond acceptors (Lipinski definition) is 4. The maximum atomic E-state index is 12.0. The molecule has 0 aromatic heterocycles. The minimum Gasteiger partial charge on any atom is -0.496 e. The monoisotopic (exact) mass is 258 g/mol. The van der Waals surface area contributed by atoms with Gasteiger partial charge in [0.2, 0.25) is 0 Å². The molecule has 4 heteroatoms. The molecular weight excluding hydrogens is 244 g/mol. The molecule has 4 nitrogen and oxygen atoms in total. The summed E-state index contributed by atoms with van der Waals surface area (Å²) in [5.74, 6) is 0.418. The first kappa shape index (κ1) is 13.1. The predicted molar refractivity (Wildman–Crippen MR) is 70.3 cm³/mol. The van der Waals surface area contributed by atoms with Gasteiger partial charge in [0, 0.05) is 0 Å². The van der Waals surface area contributed by atoms with Crippen LogP contribution in [0.1, 0.15) is 15.9 Å². The summed E-state index contributed by atoms with van der Waals surface area (Å²) in [5.41, 5.74) is 1.13. The van der Waals surface area contributed by atoms with Crippen LogP contribution in [0.25, 0.3) is 0 Å². The van der Waals surface area contributed by atoms with Crippen molar-refractivity contribution in [3.05, 3.63) is 59.7 Å². The Morgan fingerprint density at radius 2 is 1.79 bits per heavy atom. The number of rotatable bonds is 4. The minimum atomic E-state index is -0.478. The lowest BCUT2D eigenvalue weighted by Gasteiger charge is -2.08. The van der Waals surface area contributed by atoms with E-state index in [1.54, 1.807) is 48.5 Å². The van der Waals surface area contributed by atoms with Crippen LogP contribution in [-0.2, 0) is 6.61 Å². The lowest BCUT2D eigenvalue weighted by molar-refractivity contribution is 0.0731. The molecule has 0 unspecified atom stereocenters. The fourth-order valence-corrected chi connectivity index (χ4v) is 1.64. The molecule has 19 heavy (non-hydrogen) atoms. The maximum Gasteiger partial charge on any atom is 0.347 e. The first-order chi connectivity index (χ1) is 9.24. The van der Waals surface area contributed by atoms with Crippen molar-refractivity contribution in [2.24, 2.45) is 0 Å². The molecule has 0 aliphatic rings. The van der Waals surface area contributed by atoms with Crippen molar-refractivity contribution in [2.75, 3.05) is 7.11 Å². The summed E-state index contributed by atoms with van der Waals surface area (Å²) >= 11 is 0. The smallest absolute Gasteiger partial charge is 0.347 e. The number of esters is 1. The molecule has 0 aliphatic heterocycles. The van der Waals surface area contributed by atoms with Crippen LogP contribution in [0.3, 0.4) is 0 Å². The molecule has 1 N–H and O–H groups in total. The first-order valence-corrected chi connectivity index (χ1v) is 5.79. The van der Waals surface area contributed by atoms with Gasteiger partial charge in [-0.1, -0.05) is 24.3 Å². The molecule has 0 aliphatic carbocycles. The summed E-state index contributed by atoms with van der Waals surface area (Å²) in [7, 11) is 1.50. The van der Waals surface area contributed by atoms with Crippen molar-refractivity contribution in [1.82, 2.24) is 0 Å². The van der Waals surface area contributed by atoms with Gasteiger partial charge in [-0.05, 0) is 29.8 Å². The van der Waals surface area contributed by atoms with Crippen molar-refractivity contribution in [1.29, 1.82) is 0 Å². The Hall–Kier alpha value is -2.33. The van der Waals surface area contributed by atoms with Crippen molar-refractivity contribution >= 4 is 5.97 Å². The number of benzene rings is 2. The number of carbonyl (C=O) groups is 1. The van der Waals surface area contributed by atoms with E-state index in [9.17, 15) is 4.79 Å². The minimum absolute atomic E-state index is 0.0409. The van der Waals surface area contributed by atoms with Crippen molar-refractivity contribution in [3.8, 4) is 11.5 Å². The van der Waals surface area contributed by atoms with Crippen molar-refractivity contribution in [2.45, 2.75) is 6.61 Å². The van der Waals surface area contributed by atoms with Crippen LogP contribution in [0.15, 0.2) is 48.5 Å². The van der Waals surface area contributed by atoms with Gasteiger partial charge in [0.25, 0.3) is 0 Å². The van der Waals surface area contributed by atoms with E-state index in [-0.39, 0.29) is 6.61 Å². The lowest BCUT2D eigenvalue weighted by Crippen LogP contribution is -2.10. The molecule has 0 amide bonds. The predicted octanol–water partition coefficient (Wildman–Crippen LogP) is 2.41. The Labute approximate surface area is 111 Å². The van der Waals surface area contributed by atoms with Gasteiger partial charge in [0.05, 0.1) is 13.7 Å². The highest BCUT2D eigenvalue weighted by atomic mass is 16.5. The molecule has 0 fully saturated rings. The standard InChI is InChI=1S/C15H14O4/c1-18-14-5-3-2-4-13(14)15(17)19-12-8-6-11(10-16)7-9-12/h2-9,16H,10H2,1H3. The molecule has 2 aromatic carbocycles. The summed E-state index contributed by atoms with van der Waals surface area (Å²) in [6.07, 6.45) is 0. The normalized spacial score (nSPS) is 10.0. The fraction of sp³-hybridized carbons (Fsp3) is 0.133. The number of para-hydroxylation sites is 1. The Morgan fingerprint density at radius 3 is 2.42 bits per heavy atom. The third-order valence-corrected chi connectivity index (χ3v) is 2.64. The molecular formula is C15H14O4. The third kappa shape index (κ3) is 3.11. The topological polar surface area (TPSA) is 55.8 Å². The second-order valence-electron chi connectivity index (χ2n) is 3.89. The fourth-order valence-electron chi connectivity index (χ4n) is 1.64. The molecule has 2 rings (SSSR count). The van der Waals surface area contributed by atoms with E-state index < -0.39 is 5.97 Å². The van der Waals surface area contributed by atoms with E-state index >= 15 is 0 Å². The average molecular weight is 258 g/mol. The number of methoxy groups -OCH3 is 1. The van der Waals surface area contributed by atoms with Crippen LogP contribution in [0.2, 0.25) is 0 Å². The van der Waals surface area contributed by atoms with E-state index in [0.29, 0.717) is 17.1 Å². The van der Waals surface area contributed by atoms with Gasteiger partial charge in [-0.25, -0.2) is 4.79 Å². The molecule has 0 saturated carbocycles. The Morgan fingerprint density at radius 1 is 1.11 bits per heavy atom. The molecule has 98 valence electrons. The Kier molecular flexibility index (Phi) is 4.15. The van der Waals surface area contributed by atoms with Gasteiger partial charge < -0.3 is 14.6 Å². The summed E-state index contributed by atoms with van der Waals surface area (Å²) < 4.78 is 10.3. The van der Waals surface area contributed by atoms with E-state index in [2.05, 4.69) is 0 Å². The van der Waals surface area contributed by atoms with Crippen molar-refractivity contribution in [3.63, 3.8) is 0 Å². The highest BCUT2D eigenvalue weighted by Crippen LogP contribution is 2.20. The molecule has 0 saturated heterocycles. The van der Waals surface area contributed by atoms with Gasteiger partial charge in [-0.2, -0.15) is 0 Å². The van der Waals surface area contributed by atoms with Crippen LogP contribution < -0.4 is 9.47 Å². The first-order valence-electron chi connectivity index (χ1n) is 5.79. The van der Waals surface area contributed by atoms with E-state index in [1.807, 2.05) is 0 Å². The second-order valence-corrected chi connectivity index (χ2v) is 3.89. The zero-order valence-electron chi connectivity index (χ0n) is 10.5. The second kappa shape index (κ2) is 6.02. The molecule has 0 radical (unpaired) electrons. The summed E-state index contributed by atoms with van der Waals surface area (Å²) in [6, 6.07) is 13.5. The number of carbonyl (C=O) groups excluding carboxylic acids is 1. The van der Waals surface area contributed by atoms with Gasteiger partial charge in [0.15, 0.2) is 0 Å². The number of aliphatic hydroxyl groups excluding tert-OH is 1. The number of ether oxygens (including phenoxy) is 2. The Balaban J connectivity index is 2.16. The highest BCUT2D eigenvalue weighted by molar-refractivity contribution is 5.93. The molecule has 2 aromatic rings. The van der Waals surface area contributed by atoms with Crippen LogP contribution in [-0.4, -0.2) is 18.2 Å². The largest absolute Gasteiger partial charge is 0.496 e. The Bertz CT molecular complexity index is 561. The zero-order chi connectivity index (χ0) is 13.7. The van der Waals surface area contributed by atoms with E-state index in [1.165, 1.54) is 7.11 Å². The van der Waals surface area contributed by atoms with E-state index in [4.69, 9.17) is 14.6 Å². The van der Waals surface area contributed by atoms with Crippen LogP contribution in [0.5, 0.6) is 11.5 Å². The van der Waals surface area contributed by atoms with Crippen LogP contribution in [0, 0.1) is 0 Å². The lowest BCUT2D eigenvalue weighted by atomic mass is 10.2. The SMILES string of the molecule is COc1ccccc1C(=O)Oc1ccc(CO)cc1. The van der Waals surface area contributed by atoms with Gasteiger partial charge in [-0.15, -0.1) is 0 Å². The number of hydrogen-bond donors (Lipinski definition) is 1. The quantitative estimate of drug-likeness (QED) is 0.676. The van der Waals surface area contributed by atoms with Crippen LogP contribution >= 0.6 is 0 Å². The molecule has 0 spiro atoms. The summed E-state index contributed by atoms with van der Waals surface area (Å²) in [4.78, 5) is 12.0. The van der Waals surface area contributed by atoms with Gasteiger partial charge >= 0.3 is 5.97 Å². The highest BCUT2D eigenvalue weighted by Gasteiger charge is 2.13. The van der Waals surface area contributed by atoms with Gasteiger partial charge in [0.1, 0.15) is 17.1 Å². The molecule has 0 heterocycles. The summed E-state index contributed by atoms with van der Waals surface area (Å²) in [6.45, 7) is -0.0409. The van der Waals surface area contributed by atoms with Crippen molar-refractivity contribution < 1.29 is 19.4 Å². The summed E-state index contributed by atoms with van der Waals surface area (Å²) in [5, 5.41) is 8.93. The number of aliphatic hydroxyl groups is 1.